The lowest BCUT2D eigenvalue weighted by Crippen LogP contribution is -2.22. The van der Waals surface area contributed by atoms with E-state index in [2.05, 4.69) is 17.5 Å². The van der Waals surface area contributed by atoms with Crippen molar-refractivity contribution < 1.29 is 4.79 Å². The fourth-order valence-electron chi connectivity index (χ4n) is 3.64. The molecule has 1 amide bonds. The fraction of sp³-hybridized carbons (Fsp3) is 0.500. The van der Waals surface area contributed by atoms with Crippen LogP contribution < -0.4 is 5.43 Å². The first-order valence-corrected chi connectivity index (χ1v) is 7.57. The van der Waals surface area contributed by atoms with Crippen molar-refractivity contribution in [1.29, 1.82) is 0 Å². The van der Waals surface area contributed by atoms with Crippen LogP contribution in [-0.4, -0.2) is 12.1 Å². The molecule has 20 heavy (non-hydrogen) atoms. The summed E-state index contributed by atoms with van der Waals surface area (Å²) in [4.78, 5) is 12.2. The lowest BCUT2D eigenvalue weighted by Gasteiger charge is -2.15. The second-order valence-electron chi connectivity index (χ2n) is 6.12. The Morgan fingerprint density at radius 1 is 1.40 bits per heavy atom. The summed E-state index contributed by atoms with van der Waals surface area (Å²) in [5.74, 6) is 0.805. The summed E-state index contributed by atoms with van der Waals surface area (Å²) >= 11 is 5.82. The van der Waals surface area contributed by atoms with Gasteiger partial charge in [0.15, 0.2) is 0 Å². The van der Waals surface area contributed by atoms with Crippen LogP contribution in [0.5, 0.6) is 0 Å². The molecule has 2 fully saturated rings. The molecule has 2 saturated carbocycles. The number of nitrogens with one attached hydrogen (secondary N) is 1. The first-order chi connectivity index (χ1) is 9.61. The summed E-state index contributed by atoms with van der Waals surface area (Å²) in [6.45, 7) is 2.24. The average Bonchev–Trinajstić information content (AvgIpc) is 3.06. The second kappa shape index (κ2) is 5.21. The number of rotatable bonds is 3. The number of fused-ring (bicyclic) bond motifs is 1. The molecule has 3 atom stereocenters. The first-order valence-electron chi connectivity index (χ1n) is 7.20. The Balaban J connectivity index is 1.56. The van der Waals surface area contributed by atoms with Crippen LogP contribution >= 0.6 is 11.6 Å². The van der Waals surface area contributed by atoms with Gasteiger partial charge in [-0.3, -0.25) is 4.79 Å². The smallest absolute Gasteiger partial charge is 0.244 e. The van der Waals surface area contributed by atoms with Gasteiger partial charge in [0.1, 0.15) is 0 Å². The minimum absolute atomic E-state index is 0.0737. The fourth-order valence-corrected chi connectivity index (χ4v) is 3.77. The maximum Gasteiger partial charge on any atom is 0.244 e. The van der Waals surface area contributed by atoms with Crippen LogP contribution in [0.3, 0.4) is 0 Å². The quantitative estimate of drug-likeness (QED) is 0.670. The number of benzene rings is 1. The highest BCUT2D eigenvalue weighted by molar-refractivity contribution is 6.30. The summed E-state index contributed by atoms with van der Waals surface area (Å²) in [7, 11) is 0. The van der Waals surface area contributed by atoms with E-state index in [9.17, 15) is 4.79 Å². The van der Waals surface area contributed by atoms with E-state index < -0.39 is 0 Å². The maximum absolute atomic E-state index is 12.2. The van der Waals surface area contributed by atoms with Gasteiger partial charge in [-0.25, -0.2) is 5.43 Å². The largest absolute Gasteiger partial charge is 0.273 e. The Labute approximate surface area is 124 Å². The molecule has 0 bridgehead atoms. The Kier molecular flexibility index (Phi) is 3.55. The molecule has 0 spiro atoms. The van der Waals surface area contributed by atoms with E-state index in [0.717, 1.165) is 5.56 Å². The monoisotopic (exact) mass is 290 g/mol. The second-order valence-corrected chi connectivity index (χ2v) is 6.56. The van der Waals surface area contributed by atoms with Gasteiger partial charge in [-0.1, -0.05) is 43.5 Å². The summed E-state index contributed by atoms with van der Waals surface area (Å²) in [5.41, 5.74) is 3.85. The van der Waals surface area contributed by atoms with Crippen molar-refractivity contribution in [1.82, 2.24) is 5.43 Å². The molecule has 0 saturated heterocycles. The van der Waals surface area contributed by atoms with Crippen LogP contribution in [0.2, 0.25) is 5.02 Å². The molecular formula is C16H19ClN2O. The van der Waals surface area contributed by atoms with Gasteiger partial charge in [-0.2, -0.15) is 5.10 Å². The normalized spacial score (nSPS) is 31.9. The van der Waals surface area contributed by atoms with E-state index >= 15 is 0 Å². The topological polar surface area (TPSA) is 41.5 Å². The number of hydrogen-bond donors (Lipinski definition) is 1. The van der Waals surface area contributed by atoms with Gasteiger partial charge >= 0.3 is 0 Å². The van der Waals surface area contributed by atoms with Gasteiger partial charge in [-0.15, -0.1) is 0 Å². The third-order valence-corrected chi connectivity index (χ3v) is 5.12. The highest BCUT2D eigenvalue weighted by Crippen LogP contribution is 2.66. The van der Waals surface area contributed by atoms with E-state index in [1.165, 1.54) is 25.7 Å². The molecule has 106 valence electrons. The van der Waals surface area contributed by atoms with E-state index in [1.54, 1.807) is 18.3 Å². The zero-order valence-corrected chi connectivity index (χ0v) is 12.4. The van der Waals surface area contributed by atoms with Crippen molar-refractivity contribution in [3.63, 3.8) is 0 Å². The average molecular weight is 291 g/mol. The Hall–Kier alpha value is -1.35. The van der Waals surface area contributed by atoms with Crippen LogP contribution in [0.1, 0.15) is 38.2 Å². The van der Waals surface area contributed by atoms with Crippen molar-refractivity contribution in [3.05, 3.63) is 34.9 Å². The molecule has 2 aliphatic carbocycles. The van der Waals surface area contributed by atoms with E-state index in [-0.39, 0.29) is 17.2 Å². The predicted molar refractivity (Wildman–Crippen MR) is 80.7 cm³/mol. The highest BCUT2D eigenvalue weighted by atomic mass is 35.5. The minimum atomic E-state index is 0.0737. The lowest BCUT2D eigenvalue weighted by molar-refractivity contribution is -0.123. The zero-order chi connectivity index (χ0) is 14.2. The lowest BCUT2D eigenvalue weighted by atomic mass is 9.90. The molecule has 0 aliphatic heterocycles. The predicted octanol–water partition coefficient (Wildman–Crippen LogP) is 3.62. The molecule has 0 aromatic heterocycles. The number of halogens is 1. The number of hydrogen-bond acceptors (Lipinski definition) is 2. The molecule has 3 rings (SSSR count). The van der Waals surface area contributed by atoms with E-state index in [1.807, 2.05) is 12.1 Å². The molecule has 1 N–H and O–H groups in total. The van der Waals surface area contributed by atoms with Gasteiger partial charge < -0.3 is 0 Å². The zero-order valence-electron chi connectivity index (χ0n) is 11.6. The number of amides is 1. The van der Waals surface area contributed by atoms with Crippen molar-refractivity contribution >= 4 is 23.7 Å². The third-order valence-electron chi connectivity index (χ3n) is 4.87. The van der Waals surface area contributed by atoms with Gasteiger partial charge in [0.05, 0.1) is 6.21 Å². The maximum atomic E-state index is 12.2. The molecule has 1 aromatic rings. The summed E-state index contributed by atoms with van der Waals surface area (Å²) in [5, 5.41) is 4.75. The van der Waals surface area contributed by atoms with E-state index in [4.69, 9.17) is 11.6 Å². The standard InChI is InChI=1S/C16H19ClN2O/c1-16-9-3-2-4-13(16)14(16)15(20)19-18-10-11-5-7-12(17)8-6-11/h5-8,10,13-14H,2-4,9H2,1H3,(H,19,20)/b18-10-/t13-,14+,16+/m0/s1. The van der Waals surface area contributed by atoms with Gasteiger partial charge in [0.2, 0.25) is 5.91 Å². The third kappa shape index (κ3) is 2.47. The van der Waals surface area contributed by atoms with Crippen molar-refractivity contribution in [3.8, 4) is 0 Å². The number of nitrogens with zero attached hydrogens (tertiary/aromatic N) is 1. The molecule has 4 heteroatoms. The van der Waals surface area contributed by atoms with Crippen molar-refractivity contribution in [2.24, 2.45) is 22.4 Å². The molecule has 2 aliphatic rings. The van der Waals surface area contributed by atoms with Crippen LogP contribution in [0.15, 0.2) is 29.4 Å². The Morgan fingerprint density at radius 3 is 2.80 bits per heavy atom. The molecular weight excluding hydrogens is 272 g/mol. The molecule has 0 radical (unpaired) electrons. The van der Waals surface area contributed by atoms with Crippen molar-refractivity contribution in [2.75, 3.05) is 0 Å². The molecule has 3 nitrogen and oxygen atoms in total. The Bertz CT molecular complexity index is 540. The molecule has 1 aromatic carbocycles. The van der Waals surface area contributed by atoms with E-state index in [0.29, 0.717) is 10.9 Å². The minimum Gasteiger partial charge on any atom is -0.273 e. The van der Waals surface area contributed by atoms with Gasteiger partial charge in [0.25, 0.3) is 0 Å². The van der Waals surface area contributed by atoms with Crippen LogP contribution in [-0.2, 0) is 4.79 Å². The molecule has 0 unspecified atom stereocenters. The highest BCUT2D eigenvalue weighted by Gasteiger charge is 2.64. The summed E-state index contributed by atoms with van der Waals surface area (Å²) < 4.78 is 0. The molecule has 0 heterocycles. The summed E-state index contributed by atoms with van der Waals surface area (Å²) in [6.07, 6.45) is 6.54. The SMILES string of the molecule is C[C@@]12CCCC[C@H]1[C@@H]2C(=O)N/N=C\c1ccc(Cl)cc1. The number of carbonyl (C=O) groups is 1. The van der Waals surface area contributed by atoms with Crippen molar-refractivity contribution in [2.45, 2.75) is 32.6 Å². The van der Waals surface area contributed by atoms with Crippen LogP contribution in [0.25, 0.3) is 0 Å². The number of hydrazone groups is 1. The number of carbonyl (C=O) groups excluding carboxylic acids is 1. The van der Waals surface area contributed by atoms with Gasteiger partial charge in [-0.05, 0) is 41.9 Å². The van der Waals surface area contributed by atoms with Gasteiger partial charge in [0, 0.05) is 10.9 Å². The summed E-state index contributed by atoms with van der Waals surface area (Å²) in [6, 6.07) is 7.36. The first kappa shape index (κ1) is 13.6. The van der Waals surface area contributed by atoms with Crippen LogP contribution in [0.4, 0.5) is 0 Å². The Morgan fingerprint density at radius 2 is 2.15 bits per heavy atom. The van der Waals surface area contributed by atoms with Crippen LogP contribution in [0, 0.1) is 17.3 Å².